The third kappa shape index (κ3) is 7.31. The van der Waals surface area contributed by atoms with Crippen molar-refractivity contribution in [2.45, 2.75) is 46.0 Å². The van der Waals surface area contributed by atoms with Gasteiger partial charge < -0.3 is 0 Å². The molecule has 64 valence electrons. The summed E-state index contributed by atoms with van der Waals surface area (Å²) in [7, 11) is 0. The molecular formula is C10H18O. The number of aldehydes is 1. The van der Waals surface area contributed by atoms with Crippen LogP contribution < -0.4 is 0 Å². The quantitative estimate of drug-likeness (QED) is 0.326. The van der Waals surface area contributed by atoms with Crippen molar-refractivity contribution >= 4 is 6.29 Å². The van der Waals surface area contributed by atoms with Gasteiger partial charge >= 0.3 is 0 Å². The molecule has 0 fully saturated rings. The molecule has 1 nitrogen and oxygen atoms in total. The van der Waals surface area contributed by atoms with Crippen molar-refractivity contribution in [3.8, 4) is 0 Å². The number of allylic oxidation sites excluding steroid dienone is 2. The van der Waals surface area contributed by atoms with Gasteiger partial charge in [-0.3, -0.25) is 4.79 Å². The smallest absolute Gasteiger partial charge is 0.145 e. The Morgan fingerprint density at radius 1 is 1.27 bits per heavy atom. The van der Waals surface area contributed by atoms with Gasteiger partial charge in [-0.25, -0.2) is 0 Å². The SMILES string of the molecule is CCCCCCC=C(C)C=O. The minimum Gasteiger partial charge on any atom is -0.298 e. The largest absolute Gasteiger partial charge is 0.298 e. The zero-order chi connectivity index (χ0) is 8.53. The molecule has 0 N–H and O–H groups in total. The lowest BCUT2D eigenvalue weighted by molar-refractivity contribution is -0.104. The predicted molar refractivity (Wildman–Crippen MR) is 48.6 cm³/mol. The molecule has 0 atom stereocenters. The molecular weight excluding hydrogens is 136 g/mol. The van der Waals surface area contributed by atoms with Crippen LogP contribution in [0.4, 0.5) is 0 Å². The Bertz CT molecular complexity index is 125. The lowest BCUT2D eigenvalue weighted by atomic mass is 10.1. The zero-order valence-electron chi connectivity index (χ0n) is 7.60. The predicted octanol–water partition coefficient (Wildman–Crippen LogP) is 3.10. The second kappa shape index (κ2) is 7.52. The first kappa shape index (κ1) is 10.4. The topological polar surface area (TPSA) is 17.1 Å². The lowest BCUT2D eigenvalue weighted by Gasteiger charge is -1.94. The molecule has 0 amide bonds. The fourth-order valence-electron chi connectivity index (χ4n) is 0.949. The van der Waals surface area contributed by atoms with Gasteiger partial charge in [-0.05, 0) is 25.3 Å². The number of carbonyl (C=O) groups is 1. The second-order valence-electron chi connectivity index (χ2n) is 2.92. The monoisotopic (exact) mass is 154 g/mol. The summed E-state index contributed by atoms with van der Waals surface area (Å²) in [5, 5.41) is 0. The average molecular weight is 154 g/mol. The van der Waals surface area contributed by atoms with Crippen molar-refractivity contribution in [3.05, 3.63) is 11.6 Å². The van der Waals surface area contributed by atoms with Gasteiger partial charge in [0.05, 0.1) is 0 Å². The molecule has 11 heavy (non-hydrogen) atoms. The molecule has 0 aromatic rings. The van der Waals surface area contributed by atoms with Crippen LogP contribution >= 0.6 is 0 Å². The molecule has 0 spiro atoms. The third-order valence-corrected chi connectivity index (χ3v) is 1.71. The van der Waals surface area contributed by atoms with Crippen LogP contribution in [0.1, 0.15) is 46.0 Å². The molecule has 0 saturated heterocycles. The summed E-state index contributed by atoms with van der Waals surface area (Å²) in [6.07, 6.45) is 9.09. The molecule has 0 unspecified atom stereocenters. The Morgan fingerprint density at radius 3 is 2.55 bits per heavy atom. The molecule has 1 heteroatoms. The maximum atomic E-state index is 10.2. The van der Waals surface area contributed by atoms with Crippen molar-refractivity contribution < 1.29 is 4.79 Å². The van der Waals surface area contributed by atoms with Crippen molar-refractivity contribution in [2.24, 2.45) is 0 Å². The highest BCUT2D eigenvalue weighted by Crippen LogP contribution is 2.04. The number of carbonyl (C=O) groups excluding carboxylic acids is 1. The summed E-state index contributed by atoms with van der Waals surface area (Å²) in [5.74, 6) is 0. The van der Waals surface area contributed by atoms with Gasteiger partial charge in [-0.1, -0.05) is 32.3 Å². The molecule has 0 aliphatic rings. The Kier molecular flexibility index (Phi) is 7.11. The van der Waals surface area contributed by atoms with E-state index in [4.69, 9.17) is 0 Å². The van der Waals surface area contributed by atoms with E-state index in [1.807, 2.05) is 13.0 Å². The van der Waals surface area contributed by atoms with E-state index in [1.54, 1.807) is 0 Å². The molecule has 0 radical (unpaired) electrons. The summed E-state index contributed by atoms with van der Waals surface area (Å²) in [6.45, 7) is 4.05. The van der Waals surface area contributed by atoms with Crippen LogP contribution in [0.3, 0.4) is 0 Å². The van der Waals surface area contributed by atoms with Crippen molar-refractivity contribution in [3.63, 3.8) is 0 Å². The van der Waals surface area contributed by atoms with Gasteiger partial charge in [0.2, 0.25) is 0 Å². The number of rotatable bonds is 6. The van der Waals surface area contributed by atoms with Gasteiger partial charge in [-0.15, -0.1) is 0 Å². The van der Waals surface area contributed by atoms with Crippen molar-refractivity contribution in [2.75, 3.05) is 0 Å². The molecule has 0 aliphatic heterocycles. The van der Waals surface area contributed by atoms with Crippen LogP contribution in [0, 0.1) is 0 Å². The highest BCUT2D eigenvalue weighted by atomic mass is 16.1. The van der Waals surface area contributed by atoms with Gasteiger partial charge in [-0.2, -0.15) is 0 Å². The fourth-order valence-corrected chi connectivity index (χ4v) is 0.949. The van der Waals surface area contributed by atoms with Crippen LogP contribution in [0.25, 0.3) is 0 Å². The van der Waals surface area contributed by atoms with E-state index in [-0.39, 0.29) is 0 Å². The summed E-state index contributed by atoms with van der Waals surface area (Å²) in [6, 6.07) is 0. The first-order chi connectivity index (χ1) is 5.31. The van der Waals surface area contributed by atoms with E-state index >= 15 is 0 Å². The van der Waals surface area contributed by atoms with Crippen LogP contribution in [0.5, 0.6) is 0 Å². The molecule has 0 aromatic heterocycles. The van der Waals surface area contributed by atoms with Gasteiger partial charge in [0.25, 0.3) is 0 Å². The second-order valence-corrected chi connectivity index (χ2v) is 2.92. The first-order valence-electron chi connectivity index (χ1n) is 4.43. The van der Waals surface area contributed by atoms with Crippen LogP contribution in [0.15, 0.2) is 11.6 Å². The Balaban J connectivity index is 3.19. The average Bonchev–Trinajstić information content (AvgIpc) is 2.04. The van der Waals surface area contributed by atoms with Gasteiger partial charge in [0.1, 0.15) is 6.29 Å². The van der Waals surface area contributed by atoms with E-state index in [1.165, 1.54) is 25.7 Å². The fraction of sp³-hybridized carbons (Fsp3) is 0.700. The third-order valence-electron chi connectivity index (χ3n) is 1.71. The highest BCUT2D eigenvalue weighted by Gasteiger charge is 1.86. The van der Waals surface area contributed by atoms with E-state index in [0.717, 1.165) is 18.3 Å². The van der Waals surface area contributed by atoms with Crippen LogP contribution in [0.2, 0.25) is 0 Å². The molecule has 0 aromatic carbocycles. The Labute approximate surface area is 69.5 Å². The maximum Gasteiger partial charge on any atom is 0.145 e. The standard InChI is InChI=1S/C10H18O/c1-3-4-5-6-7-8-10(2)9-11/h8-9H,3-7H2,1-2H3. The molecule has 0 bridgehead atoms. The Morgan fingerprint density at radius 2 is 2.00 bits per heavy atom. The summed E-state index contributed by atoms with van der Waals surface area (Å²) in [5.41, 5.74) is 0.862. The Hall–Kier alpha value is -0.590. The van der Waals surface area contributed by atoms with Crippen LogP contribution in [-0.2, 0) is 4.79 Å². The normalized spacial score (nSPS) is 11.6. The number of hydrogen-bond donors (Lipinski definition) is 0. The maximum absolute atomic E-state index is 10.2. The molecule has 0 saturated carbocycles. The minimum absolute atomic E-state index is 0.862. The first-order valence-corrected chi connectivity index (χ1v) is 4.43. The molecule has 0 rings (SSSR count). The van der Waals surface area contributed by atoms with E-state index in [9.17, 15) is 4.79 Å². The number of hydrogen-bond acceptors (Lipinski definition) is 1. The van der Waals surface area contributed by atoms with Crippen molar-refractivity contribution in [1.82, 2.24) is 0 Å². The highest BCUT2D eigenvalue weighted by molar-refractivity contribution is 5.71. The molecule has 0 aliphatic carbocycles. The van der Waals surface area contributed by atoms with E-state index < -0.39 is 0 Å². The van der Waals surface area contributed by atoms with Crippen molar-refractivity contribution in [1.29, 1.82) is 0 Å². The van der Waals surface area contributed by atoms with Crippen LogP contribution in [-0.4, -0.2) is 6.29 Å². The van der Waals surface area contributed by atoms with E-state index in [0.29, 0.717) is 0 Å². The summed E-state index contributed by atoms with van der Waals surface area (Å²) >= 11 is 0. The minimum atomic E-state index is 0.862. The van der Waals surface area contributed by atoms with E-state index in [2.05, 4.69) is 6.92 Å². The zero-order valence-corrected chi connectivity index (χ0v) is 7.60. The summed E-state index contributed by atoms with van der Waals surface area (Å²) < 4.78 is 0. The number of unbranched alkanes of at least 4 members (excludes halogenated alkanes) is 4. The lowest BCUT2D eigenvalue weighted by Crippen LogP contribution is -1.78. The van der Waals surface area contributed by atoms with Gasteiger partial charge in [0.15, 0.2) is 0 Å². The summed E-state index contributed by atoms with van der Waals surface area (Å²) in [4.78, 5) is 10.2. The molecule has 0 heterocycles. The van der Waals surface area contributed by atoms with Gasteiger partial charge in [0, 0.05) is 0 Å².